The van der Waals surface area contributed by atoms with Gasteiger partial charge in [-0.2, -0.15) is 10.5 Å². The van der Waals surface area contributed by atoms with Crippen molar-refractivity contribution in [1.29, 1.82) is 10.5 Å². The van der Waals surface area contributed by atoms with E-state index in [-0.39, 0.29) is 0 Å². The highest BCUT2D eigenvalue weighted by molar-refractivity contribution is 5.87. The Balaban J connectivity index is 2.62. The molecule has 0 amide bonds. The van der Waals surface area contributed by atoms with E-state index in [1.807, 2.05) is 6.07 Å². The van der Waals surface area contributed by atoms with Gasteiger partial charge in [0, 0.05) is 6.08 Å². The van der Waals surface area contributed by atoms with Crippen LogP contribution in [0.3, 0.4) is 0 Å². The van der Waals surface area contributed by atoms with E-state index >= 15 is 0 Å². The van der Waals surface area contributed by atoms with Crippen molar-refractivity contribution in [2.75, 3.05) is 0 Å². The fourth-order valence-corrected chi connectivity index (χ4v) is 1.07. The minimum Gasteiger partial charge on any atom is -0.444 e. The number of hydrogen-bond acceptors (Lipinski definition) is 4. The predicted molar refractivity (Wildman–Crippen MR) is 61.4 cm³/mol. The molecule has 0 aliphatic heterocycles. The summed E-state index contributed by atoms with van der Waals surface area (Å²) in [4.78, 5) is 11.2. The second kappa shape index (κ2) is 6.09. The van der Waals surface area contributed by atoms with Crippen molar-refractivity contribution in [2.24, 2.45) is 0 Å². The monoisotopic (exact) mass is 226 g/mol. The van der Waals surface area contributed by atoms with Crippen LogP contribution in [0.4, 0.5) is 0 Å². The normalized spacial score (nSPS) is 11.5. The molecule has 0 spiro atoms. The second-order valence-electron chi connectivity index (χ2n) is 3.28. The fraction of sp³-hybridized carbons (Fsp3) is 0.154. The molecule has 1 rings (SSSR count). The third kappa shape index (κ3) is 4.19. The molecule has 0 heterocycles. The smallest absolute Gasteiger partial charge is 0.332 e. The highest BCUT2D eigenvalue weighted by Gasteiger charge is 2.03. The van der Waals surface area contributed by atoms with E-state index in [0.29, 0.717) is 5.56 Å². The zero-order chi connectivity index (χ0) is 12.7. The number of nitrogens with zero attached hydrogens (tertiary/aromatic N) is 2. The molecule has 0 saturated carbocycles. The van der Waals surface area contributed by atoms with E-state index in [1.165, 1.54) is 13.0 Å². The van der Waals surface area contributed by atoms with Gasteiger partial charge < -0.3 is 4.74 Å². The summed E-state index contributed by atoms with van der Waals surface area (Å²) in [5, 5.41) is 17.0. The van der Waals surface area contributed by atoms with E-state index in [4.69, 9.17) is 15.3 Å². The van der Waals surface area contributed by atoms with Crippen LogP contribution in [-0.4, -0.2) is 12.1 Å². The fourth-order valence-electron chi connectivity index (χ4n) is 1.07. The molecule has 1 atom stereocenters. The number of esters is 1. The minimum absolute atomic E-state index is 0.558. The van der Waals surface area contributed by atoms with Gasteiger partial charge >= 0.3 is 5.97 Å². The third-order valence-corrected chi connectivity index (χ3v) is 1.93. The number of carbonyl (C=O) groups is 1. The average molecular weight is 226 g/mol. The Labute approximate surface area is 99.4 Å². The maximum atomic E-state index is 11.2. The predicted octanol–water partition coefficient (Wildman–Crippen LogP) is 2.03. The van der Waals surface area contributed by atoms with E-state index < -0.39 is 12.1 Å². The molecule has 0 unspecified atom stereocenters. The summed E-state index contributed by atoms with van der Waals surface area (Å²) in [7, 11) is 0. The maximum absolute atomic E-state index is 11.2. The Morgan fingerprint density at radius 3 is 2.53 bits per heavy atom. The second-order valence-corrected chi connectivity index (χ2v) is 3.28. The zero-order valence-electron chi connectivity index (χ0n) is 9.25. The molecule has 1 aromatic rings. The Hall–Kier alpha value is -2.59. The van der Waals surface area contributed by atoms with Crippen LogP contribution >= 0.6 is 0 Å². The van der Waals surface area contributed by atoms with Crippen molar-refractivity contribution in [2.45, 2.75) is 13.0 Å². The van der Waals surface area contributed by atoms with Crippen molar-refractivity contribution in [1.82, 2.24) is 0 Å². The van der Waals surface area contributed by atoms with Crippen molar-refractivity contribution in [3.63, 3.8) is 0 Å². The van der Waals surface area contributed by atoms with Gasteiger partial charge in [-0.3, -0.25) is 0 Å². The van der Waals surface area contributed by atoms with Gasteiger partial charge in [0.25, 0.3) is 0 Å². The molecule has 17 heavy (non-hydrogen) atoms. The molecule has 0 bridgehead atoms. The van der Waals surface area contributed by atoms with Crippen LogP contribution in [0.1, 0.15) is 18.1 Å². The first kappa shape index (κ1) is 12.5. The molecule has 4 heteroatoms. The largest absolute Gasteiger partial charge is 0.444 e. The first-order valence-electron chi connectivity index (χ1n) is 4.94. The van der Waals surface area contributed by atoms with Crippen LogP contribution < -0.4 is 0 Å². The molecule has 0 radical (unpaired) electrons. The number of benzene rings is 1. The summed E-state index contributed by atoms with van der Waals surface area (Å²) in [5.41, 5.74) is 1.34. The average Bonchev–Trinajstić information content (AvgIpc) is 2.36. The zero-order valence-corrected chi connectivity index (χ0v) is 9.25. The number of nitriles is 2. The quantitative estimate of drug-likeness (QED) is 0.583. The van der Waals surface area contributed by atoms with Crippen molar-refractivity contribution < 1.29 is 9.53 Å². The van der Waals surface area contributed by atoms with Gasteiger partial charge in [0.05, 0.1) is 11.6 Å². The van der Waals surface area contributed by atoms with Gasteiger partial charge in [0.15, 0.2) is 6.10 Å². The molecule has 0 saturated heterocycles. The summed E-state index contributed by atoms with van der Waals surface area (Å²) >= 11 is 0. The van der Waals surface area contributed by atoms with E-state index in [1.54, 1.807) is 36.4 Å². The number of hydrogen-bond donors (Lipinski definition) is 0. The van der Waals surface area contributed by atoms with Gasteiger partial charge in [-0.25, -0.2) is 4.79 Å². The van der Waals surface area contributed by atoms with Crippen LogP contribution in [0.15, 0.2) is 30.3 Å². The van der Waals surface area contributed by atoms with E-state index in [0.717, 1.165) is 5.56 Å². The van der Waals surface area contributed by atoms with Crippen molar-refractivity contribution in [3.05, 3.63) is 41.5 Å². The molecule has 1 aromatic carbocycles. The van der Waals surface area contributed by atoms with Crippen LogP contribution in [0.25, 0.3) is 6.08 Å². The molecule has 0 aromatic heterocycles. The molecule has 0 fully saturated rings. The SMILES string of the molecule is C[C@@H](C#N)OC(=O)/C=C/c1ccc(C#N)cc1. The Morgan fingerprint density at radius 2 is 2.00 bits per heavy atom. The van der Waals surface area contributed by atoms with Gasteiger partial charge in [0.2, 0.25) is 0 Å². The summed E-state index contributed by atoms with van der Waals surface area (Å²) in [6.45, 7) is 1.49. The molecule has 84 valence electrons. The molecular weight excluding hydrogens is 216 g/mol. The Kier molecular flexibility index (Phi) is 4.47. The highest BCUT2D eigenvalue weighted by Crippen LogP contribution is 2.05. The third-order valence-electron chi connectivity index (χ3n) is 1.93. The first-order valence-corrected chi connectivity index (χ1v) is 4.94. The Bertz CT molecular complexity index is 504. The summed E-state index contributed by atoms with van der Waals surface area (Å²) < 4.78 is 4.73. The van der Waals surface area contributed by atoms with Crippen LogP contribution in [0.2, 0.25) is 0 Å². The lowest BCUT2D eigenvalue weighted by Gasteiger charge is -2.01. The van der Waals surface area contributed by atoms with Crippen molar-refractivity contribution in [3.8, 4) is 12.1 Å². The lowest BCUT2D eigenvalue weighted by atomic mass is 10.1. The summed E-state index contributed by atoms with van der Waals surface area (Å²) in [6, 6.07) is 10.5. The lowest BCUT2D eigenvalue weighted by molar-refractivity contribution is -0.139. The number of carbonyl (C=O) groups excluding carboxylic acids is 1. The van der Waals surface area contributed by atoms with Gasteiger partial charge in [-0.15, -0.1) is 0 Å². The molecule has 4 nitrogen and oxygen atoms in total. The highest BCUT2D eigenvalue weighted by atomic mass is 16.5. The molecule has 0 aliphatic carbocycles. The lowest BCUT2D eigenvalue weighted by Crippen LogP contribution is -2.10. The maximum Gasteiger partial charge on any atom is 0.332 e. The summed E-state index contributed by atoms with van der Waals surface area (Å²) in [5.74, 6) is -0.566. The first-order chi connectivity index (χ1) is 8.15. The van der Waals surface area contributed by atoms with Gasteiger partial charge in [-0.05, 0) is 30.7 Å². The topological polar surface area (TPSA) is 73.9 Å². The van der Waals surface area contributed by atoms with Crippen LogP contribution in [0, 0.1) is 22.7 Å². The van der Waals surface area contributed by atoms with E-state index in [9.17, 15) is 4.79 Å². The number of rotatable bonds is 3. The summed E-state index contributed by atoms with van der Waals surface area (Å²) in [6.07, 6.45) is 2.05. The van der Waals surface area contributed by atoms with Gasteiger partial charge in [-0.1, -0.05) is 12.1 Å². The number of ether oxygens (including phenoxy) is 1. The molecule has 0 aliphatic rings. The van der Waals surface area contributed by atoms with Crippen LogP contribution in [0.5, 0.6) is 0 Å². The molecular formula is C13H10N2O2. The Morgan fingerprint density at radius 1 is 1.35 bits per heavy atom. The van der Waals surface area contributed by atoms with Crippen LogP contribution in [-0.2, 0) is 9.53 Å². The van der Waals surface area contributed by atoms with Gasteiger partial charge in [0.1, 0.15) is 6.07 Å². The minimum atomic E-state index is -0.756. The van der Waals surface area contributed by atoms with E-state index in [2.05, 4.69) is 0 Å². The standard InChI is InChI=1S/C13H10N2O2/c1-10(8-14)17-13(16)7-6-11-2-4-12(9-15)5-3-11/h2-7,10H,1H3/b7-6+/t10-/m0/s1. The van der Waals surface area contributed by atoms with Crippen molar-refractivity contribution >= 4 is 12.0 Å². The molecule has 0 N–H and O–H groups in total.